The van der Waals surface area contributed by atoms with Gasteiger partial charge in [0.1, 0.15) is 0 Å². The summed E-state index contributed by atoms with van der Waals surface area (Å²) in [6.45, 7) is 4.16. The summed E-state index contributed by atoms with van der Waals surface area (Å²) in [6, 6.07) is 0. The molecule has 4 heteroatoms. The number of aliphatic hydroxyl groups is 1. The summed E-state index contributed by atoms with van der Waals surface area (Å²) < 4.78 is 0. The van der Waals surface area contributed by atoms with Crippen LogP contribution in [0.15, 0.2) is 0 Å². The van der Waals surface area contributed by atoms with Gasteiger partial charge >= 0.3 is 0 Å². The van der Waals surface area contributed by atoms with E-state index >= 15 is 0 Å². The molecule has 0 radical (unpaired) electrons. The number of carbonyl (C=O) groups is 1. The summed E-state index contributed by atoms with van der Waals surface area (Å²) >= 11 is 5.43. The highest BCUT2D eigenvalue weighted by Gasteiger charge is 2.09. The van der Waals surface area contributed by atoms with E-state index in [-0.39, 0.29) is 11.8 Å². The molecule has 0 aromatic carbocycles. The third kappa shape index (κ3) is 6.84. The Morgan fingerprint density at radius 2 is 2.15 bits per heavy atom. The number of amides is 1. The average Bonchev–Trinajstić information content (AvgIpc) is 2.10. The van der Waals surface area contributed by atoms with Crippen LogP contribution in [0.4, 0.5) is 0 Å². The number of alkyl halides is 1. The van der Waals surface area contributed by atoms with Gasteiger partial charge in [-0.2, -0.15) is 0 Å². The van der Waals surface area contributed by atoms with Crippen LogP contribution in [0.25, 0.3) is 0 Å². The zero-order valence-corrected chi connectivity index (χ0v) is 8.97. The topological polar surface area (TPSA) is 49.3 Å². The van der Waals surface area contributed by atoms with Crippen LogP contribution in [0.5, 0.6) is 0 Å². The molecular formula is C9H18ClNO2. The molecule has 13 heavy (non-hydrogen) atoms. The first kappa shape index (κ1) is 12.7. The van der Waals surface area contributed by atoms with Crippen LogP contribution in [-0.2, 0) is 4.79 Å². The monoisotopic (exact) mass is 207 g/mol. The zero-order valence-electron chi connectivity index (χ0n) is 8.22. The second-order valence-corrected chi connectivity index (χ2v) is 3.79. The van der Waals surface area contributed by atoms with Crippen LogP contribution in [0.1, 0.15) is 26.7 Å². The molecule has 1 atom stereocenters. The molecule has 0 saturated heterocycles. The molecule has 0 bridgehead atoms. The summed E-state index contributed by atoms with van der Waals surface area (Å²) in [5, 5.41) is 12.0. The van der Waals surface area contributed by atoms with Gasteiger partial charge in [-0.3, -0.25) is 4.79 Å². The van der Waals surface area contributed by atoms with Gasteiger partial charge in [-0.05, 0) is 12.3 Å². The highest BCUT2D eigenvalue weighted by Crippen LogP contribution is 1.99. The van der Waals surface area contributed by atoms with E-state index in [9.17, 15) is 9.90 Å². The first-order valence-corrected chi connectivity index (χ1v) is 5.12. The van der Waals surface area contributed by atoms with Crippen molar-refractivity contribution in [3.63, 3.8) is 0 Å². The number of rotatable bonds is 6. The van der Waals surface area contributed by atoms with Crippen LogP contribution in [0.2, 0.25) is 0 Å². The molecule has 0 aromatic heterocycles. The molecule has 0 aromatic rings. The lowest BCUT2D eigenvalue weighted by atomic mass is 10.1. The van der Waals surface area contributed by atoms with Crippen molar-refractivity contribution in [3.05, 3.63) is 0 Å². The Labute approximate surface area is 84.5 Å². The maximum atomic E-state index is 11.0. The van der Waals surface area contributed by atoms with Crippen molar-refractivity contribution in [2.75, 3.05) is 12.4 Å². The molecular weight excluding hydrogens is 190 g/mol. The standard InChI is InChI=1S/C9H18ClNO2/c1-7(2)8(12)6-11-9(13)4-3-5-10/h7-8,12H,3-6H2,1-2H3,(H,11,13). The zero-order chi connectivity index (χ0) is 10.3. The third-order valence-electron chi connectivity index (χ3n) is 1.82. The highest BCUT2D eigenvalue weighted by molar-refractivity contribution is 6.17. The number of aliphatic hydroxyl groups excluding tert-OH is 1. The fourth-order valence-corrected chi connectivity index (χ4v) is 0.903. The number of halogens is 1. The van der Waals surface area contributed by atoms with E-state index in [1.807, 2.05) is 13.8 Å². The molecule has 1 amide bonds. The van der Waals surface area contributed by atoms with Gasteiger partial charge in [-0.1, -0.05) is 13.8 Å². The van der Waals surface area contributed by atoms with Gasteiger partial charge in [-0.25, -0.2) is 0 Å². The molecule has 0 rings (SSSR count). The van der Waals surface area contributed by atoms with E-state index in [4.69, 9.17) is 11.6 Å². The summed E-state index contributed by atoms with van der Waals surface area (Å²) in [6.07, 6.45) is 0.666. The summed E-state index contributed by atoms with van der Waals surface area (Å²) in [5.41, 5.74) is 0. The summed E-state index contributed by atoms with van der Waals surface area (Å²) in [5.74, 6) is 0.633. The average molecular weight is 208 g/mol. The molecule has 0 saturated carbocycles. The Morgan fingerprint density at radius 3 is 2.62 bits per heavy atom. The largest absolute Gasteiger partial charge is 0.391 e. The van der Waals surface area contributed by atoms with E-state index in [1.165, 1.54) is 0 Å². The van der Waals surface area contributed by atoms with Crippen molar-refractivity contribution in [2.24, 2.45) is 5.92 Å². The Hall–Kier alpha value is -0.280. The maximum absolute atomic E-state index is 11.0. The summed E-state index contributed by atoms with van der Waals surface area (Å²) in [7, 11) is 0. The van der Waals surface area contributed by atoms with E-state index in [1.54, 1.807) is 0 Å². The molecule has 0 spiro atoms. The lowest BCUT2D eigenvalue weighted by Crippen LogP contribution is -2.34. The van der Waals surface area contributed by atoms with Crippen molar-refractivity contribution in [1.82, 2.24) is 5.32 Å². The van der Waals surface area contributed by atoms with Gasteiger partial charge in [0.25, 0.3) is 0 Å². The first-order valence-electron chi connectivity index (χ1n) is 4.58. The van der Waals surface area contributed by atoms with E-state index in [0.717, 1.165) is 0 Å². The minimum atomic E-state index is -0.458. The molecule has 0 heterocycles. The van der Waals surface area contributed by atoms with Crippen LogP contribution < -0.4 is 5.32 Å². The van der Waals surface area contributed by atoms with Gasteiger partial charge in [0.2, 0.25) is 5.91 Å². The highest BCUT2D eigenvalue weighted by atomic mass is 35.5. The van der Waals surface area contributed by atoms with Crippen LogP contribution in [0.3, 0.4) is 0 Å². The first-order chi connectivity index (χ1) is 6.07. The minimum Gasteiger partial charge on any atom is -0.391 e. The Bertz CT molecular complexity index is 151. The molecule has 1 unspecified atom stereocenters. The smallest absolute Gasteiger partial charge is 0.220 e. The van der Waals surface area contributed by atoms with Crippen molar-refractivity contribution in [1.29, 1.82) is 0 Å². The fourth-order valence-electron chi connectivity index (χ4n) is 0.770. The van der Waals surface area contributed by atoms with Crippen molar-refractivity contribution in [3.8, 4) is 0 Å². The molecule has 2 N–H and O–H groups in total. The Balaban J connectivity index is 3.46. The number of carbonyl (C=O) groups excluding carboxylic acids is 1. The Morgan fingerprint density at radius 1 is 1.54 bits per heavy atom. The molecule has 78 valence electrons. The summed E-state index contributed by atoms with van der Waals surface area (Å²) in [4.78, 5) is 11.0. The van der Waals surface area contributed by atoms with Gasteiger partial charge < -0.3 is 10.4 Å². The number of hydrogen-bond acceptors (Lipinski definition) is 2. The lowest BCUT2D eigenvalue weighted by molar-refractivity contribution is -0.121. The SMILES string of the molecule is CC(C)C(O)CNC(=O)CCCCl. The van der Waals surface area contributed by atoms with Crippen LogP contribution in [-0.4, -0.2) is 29.5 Å². The predicted molar refractivity (Wildman–Crippen MR) is 53.8 cm³/mol. The second-order valence-electron chi connectivity index (χ2n) is 3.41. The maximum Gasteiger partial charge on any atom is 0.220 e. The minimum absolute atomic E-state index is 0.0413. The number of nitrogens with one attached hydrogen (secondary N) is 1. The molecule has 0 aliphatic heterocycles. The molecule has 0 aliphatic rings. The normalized spacial score (nSPS) is 13.0. The van der Waals surface area contributed by atoms with E-state index in [0.29, 0.717) is 25.3 Å². The van der Waals surface area contributed by atoms with Crippen LogP contribution in [0, 0.1) is 5.92 Å². The van der Waals surface area contributed by atoms with Gasteiger partial charge in [-0.15, -0.1) is 11.6 Å². The van der Waals surface area contributed by atoms with Crippen molar-refractivity contribution < 1.29 is 9.90 Å². The van der Waals surface area contributed by atoms with Gasteiger partial charge in [0.15, 0.2) is 0 Å². The lowest BCUT2D eigenvalue weighted by Gasteiger charge is -2.14. The Kier molecular flexibility index (Phi) is 7.00. The van der Waals surface area contributed by atoms with Crippen LogP contribution >= 0.6 is 11.6 Å². The molecule has 3 nitrogen and oxygen atoms in total. The number of hydrogen-bond donors (Lipinski definition) is 2. The van der Waals surface area contributed by atoms with E-state index in [2.05, 4.69) is 5.32 Å². The van der Waals surface area contributed by atoms with Gasteiger partial charge in [0, 0.05) is 18.8 Å². The predicted octanol–water partition coefficient (Wildman–Crippen LogP) is 1.14. The third-order valence-corrected chi connectivity index (χ3v) is 2.08. The second kappa shape index (κ2) is 7.15. The van der Waals surface area contributed by atoms with E-state index < -0.39 is 6.10 Å². The molecule has 0 fully saturated rings. The van der Waals surface area contributed by atoms with Gasteiger partial charge in [0.05, 0.1) is 6.10 Å². The fraction of sp³-hybridized carbons (Fsp3) is 0.889. The van der Waals surface area contributed by atoms with Crippen molar-refractivity contribution in [2.45, 2.75) is 32.8 Å². The quantitative estimate of drug-likeness (QED) is 0.642. The van der Waals surface area contributed by atoms with Crippen molar-refractivity contribution >= 4 is 17.5 Å². The molecule has 0 aliphatic carbocycles.